The minimum Gasteiger partial charge on any atom is -0.457 e. The minimum atomic E-state index is -4.45. The fourth-order valence-corrected chi connectivity index (χ4v) is 1.92. The summed E-state index contributed by atoms with van der Waals surface area (Å²) >= 11 is 0. The maximum Gasteiger partial charge on any atom is 0.416 e. The predicted molar refractivity (Wildman–Crippen MR) is 89.6 cm³/mol. The van der Waals surface area contributed by atoms with Gasteiger partial charge < -0.3 is 15.3 Å². The van der Waals surface area contributed by atoms with Crippen molar-refractivity contribution < 1.29 is 32.7 Å². The Kier molecular flexibility index (Phi) is 6.61. The van der Waals surface area contributed by atoms with Crippen molar-refractivity contribution in [3.8, 4) is 11.5 Å². The molecule has 0 saturated carbocycles. The van der Waals surface area contributed by atoms with Crippen LogP contribution in [0.25, 0.3) is 0 Å². The number of rotatable bonds is 7. The van der Waals surface area contributed by atoms with Gasteiger partial charge in [-0.25, -0.2) is 9.86 Å². The largest absolute Gasteiger partial charge is 0.457 e. The third-order valence-corrected chi connectivity index (χ3v) is 3.18. The highest BCUT2D eigenvalue weighted by Crippen LogP contribution is 2.32. The standard InChI is InChI=1S/C17H16F3N3O4/c18-17(19,20)13-4-2-6-15(10-13)27-14-5-1-3-12(9-14)11-22-26-8-7-23(25)16(21)24/h1-6,9-11,25H,7-8H2,(H2,21,24)/b22-11+. The van der Waals surface area contributed by atoms with E-state index in [-0.39, 0.29) is 24.0 Å². The third-order valence-electron chi connectivity index (χ3n) is 3.18. The van der Waals surface area contributed by atoms with Crippen molar-refractivity contribution in [2.24, 2.45) is 10.9 Å². The molecule has 0 atom stereocenters. The highest BCUT2D eigenvalue weighted by molar-refractivity contribution is 5.79. The Morgan fingerprint density at radius 3 is 2.52 bits per heavy atom. The molecule has 0 spiro atoms. The lowest BCUT2D eigenvalue weighted by Gasteiger charge is -2.10. The predicted octanol–water partition coefficient (Wildman–Crippen LogP) is 3.62. The van der Waals surface area contributed by atoms with E-state index >= 15 is 0 Å². The van der Waals surface area contributed by atoms with Gasteiger partial charge in [0.1, 0.15) is 18.1 Å². The Hall–Kier alpha value is -3.27. The molecule has 10 heteroatoms. The van der Waals surface area contributed by atoms with Crippen LogP contribution in [0.2, 0.25) is 0 Å². The van der Waals surface area contributed by atoms with Gasteiger partial charge in [0.05, 0.1) is 18.3 Å². The molecule has 0 aliphatic carbocycles. The van der Waals surface area contributed by atoms with Crippen LogP contribution in [-0.2, 0) is 11.0 Å². The van der Waals surface area contributed by atoms with Crippen molar-refractivity contribution in [1.29, 1.82) is 0 Å². The highest BCUT2D eigenvalue weighted by atomic mass is 19.4. The molecule has 2 amide bonds. The molecule has 0 heterocycles. The Bertz CT molecular complexity index is 812. The summed E-state index contributed by atoms with van der Waals surface area (Å²) in [6.45, 7) is -0.248. The number of hydroxylamine groups is 2. The first-order chi connectivity index (χ1) is 12.8. The second-order valence-corrected chi connectivity index (χ2v) is 5.23. The minimum absolute atomic E-state index is 0.0460. The average Bonchev–Trinajstić information content (AvgIpc) is 2.61. The molecule has 0 radical (unpaired) electrons. The second-order valence-electron chi connectivity index (χ2n) is 5.23. The first kappa shape index (κ1) is 20.0. The van der Waals surface area contributed by atoms with Crippen LogP contribution < -0.4 is 10.5 Å². The molecule has 0 bridgehead atoms. The Labute approximate surface area is 152 Å². The molecule has 7 nitrogen and oxygen atoms in total. The number of ether oxygens (including phenoxy) is 1. The molecule has 0 aliphatic heterocycles. The first-order valence-corrected chi connectivity index (χ1v) is 7.62. The van der Waals surface area contributed by atoms with Gasteiger partial charge in [-0.15, -0.1) is 0 Å². The molecule has 0 aliphatic rings. The normalized spacial score (nSPS) is 11.4. The summed E-state index contributed by atoms with van der Waals surface area (Å²) in [4.78, 5) is 15.4. The van der Waals surface area contributed by atoms with Gasteiger partial charge in [-0.05, 0) is 35.9 Å². The van der Waals surface area contributed by atoms with Gasteiger partial charge in [0.25, 0.3) is 0 Å². The van der Waals surface area contributed by atoms with E-state index < -0.39 is 17.8 Å². The van der Waals surface area contributed by atoms with E-state index in [1.165, 1.54) is 18.3 Å². The topological polar surface area (TPSA) is 97.4 Å². The maximum atomic E-state index is 12.7. The van der Waals surface area contributed by atoms with Gasteiger partial charge in [0.2, 0.25) is 0 Å². The van der Waals surface area contributed by atoms with Crippen molar-refractivity contribution in [2.45, 2.75) is 6.18 Å². The number of carbonyl (C=O) groups excluding carboxylic acids is 1. The van der Waals surface area contributed by atoms with Crippen molar-refractivity contribution in [3.05, 3.63) is 59.7 Å². The molecular weight excluding hydrogens is 367 g/mol. The van der Waals surface area contributed by atoms with Gasteiger partial charge >= 0.3 is 12.2 Å². The monoisotopic (exact) mass is 383 g/mol. The van der Waals surface area contributed by atoms with E-state index in [0.717, 1.165) is 12.1 Å². The number of hydrogen-bond acceptors (Lipinski definition) is 5. The highest BCUT2D eigenvalue weighted by Gasteiger charge is 2.30. The number of hydrogen-bond donors (Lipinski definition) is 2. The molecule has 144 valence electrons. The van der Waals surface area contributed by atoms with E-state index in [4.69, 9.17) is 20.5 Å². The lowest BCUT2D eigenvalue weighted by Crippen LogP contribution is -2.34. The fraction of sp³-hybridized carbons (Fsp3) is 0.176. The number of halogens is 3. The summed E-state index contributed by atoms with van der Waals surface area (Å²) < 4.78 is 43.7. The van der Waals surface area contributed by atoms with E-state index in [2.05, 4.69) is 5.16 Å². The number of urea groups is 1. The number of oxime groups is 1. The number of nitrogens with zero attached hydrogens (tertiary/aromatic N) is 2. The van der Waals surface area contributed by atoms with Gasteiger partial charge in [-0.3, -0.25) is 5.21 Å². The molecule has 0 aromatic heterocycles. The fourth-order valence-electron chi connectivity index (χ4n) is 1.92. The number of nitrogens with two attached hydrogens (primary N) is 1. The third kappa shape index (κ3) is 6.51. The molecule has 3 N–H and O–H groups in total. The lowest BCUT2D eigenvalue weighted by atomic mass is 10.2. The molecule has 2 aromatic carbocycles. The number of carbonyl (C=O) groups is 1. The molecule has 0 unspecified atom stereocenters. The number of alkyl halides is 3. The molecule has 0 fully saturated rings. The van der Waals surface area contributed by atoms with E-state index in [1.54, 1.807) is 24.3 Å². The van der Waals surface area contributed by atoms with Crippen molar-refractivity contribution in [3.63, 3.8) is 0 Å². The summed E-state index contributed by atoms with van der Waals surface area (Å²) in [5.41, 5.74) is 4.58. The lowest BCUT2D eigenvalue weighted by molar-refractivity contribution is -0.137. The zero-order chi connectivity index (χ0) is 19.9. The van der Waals surface area contributed by atoms with Crippen LogP contribution in [-0.4, -0.2) is 35.7 Å². The Balaban J connectivity index is 1.95. The van der Waals surface area contributed by atoms with Gasteiger partial charge in [0.15, 0.2) is 0 Å². The average molecular weight is 383 g/mol. The maximum absolute atomic E-state index is 12.7. The van der Waals surface area contributed by atoms with E-state index in [9.17, 15) is 18.0 Å². The zero-order valence-corrected chi connectivity index (χ0v) is 13.9. The smallest absolute Gasteiger partial charge is 0.416 e. The Morgan fingerprint density at radius 1 is 1.19 bits per heavy atom. The first-order valence-electron chi connectivity index (χ1n) is 7.62. The summed E-state index contributed by atoms with van der Waals surface area (Å²) in [5.74, 6) is 0.359. The van der Waals surface area contributed by atoms with Crippen LogP contribution in [0, 0.1) is 0 Å². The van der Waals surface area contributed by atoms with Gasteiger partial charge in [-0.2, -0.15) is 13.2 Å². The van der Waals surface area contributed by atoms with Crippen LogP contribution in [0.15, 0.2) is 53.7 Å². The van der Waals surface area contributed by atoms with Crippen LogP contribution in [0.5, 0.6) is 11.5 Å². The van der Waals surface area contributed by atoms with Crippen molar-refractivity contribution in [1.82, 2.24) is 5.06 Å². The summed E-state index contributed by atoms with van der Waals surface area (Å²) in [6, 6.07) is 9.96. The summed E-state index contributed by atoms with van der Waals surface area (Å²) in [5, 5.41) is 13.0. The second kappa shape index (κ2) is 8.90. The van der Waals surface area contributed by atoms with Crippen LogP contribution in [0.4, 0.5) is 18.0 Å². The number of amides is 2. The quantitative estimate of drug-likeness (QED) is 0.330. The molecule has 2 rings (SSSR count). The van der Waals surface area contributed by atoms with E-state index in [1.807, 2.05) is 0 Å². The summed E-state index contributed by atoms with van der Waals surface area (Å²) in [6.07, 6.45) is -3.12. The summed E-state index contributed by atoms with van der Waals surface area (Å²) in [7, 11) is 0. The molecule has 0 saturated heterocycles. The van der Waals surface area contributed by atoms with Crippen LogP contribution >= 0.6 is 0 Å². The van der Waals surface area contributed by atoms with Crippen LogP contribution in [0.1, 0.15) is 11.1 Å². The molecule has 27 heavy (non-hydrogen) atoms. The van der Waals surface area contributed by atoms with Gasteiger partial charge in [-0.1, -0.05) is 23.4 Å². The number of benzene rings is 2. The van der Waals surface area contributed by atoms with Crippen molar-refractivity contribution >= 4 is 12.2 Å². The van der Waals surface area contributed by atoms with Gasteiger partial charge in [0, 0.05) is 0 Å². The van der Waals surface area contributed by atoms with E-state index in [0.29, 0.717) is 11.3 Å². The van der Waals surface area contributed by atoms with Crippen LogP contribution in [0.3, 0.4) is 0 Å². The molecule has 2 aromatic rings. The zero-order valence-electron chi connectivity index (χ0n) is 13.9. The Morgan fingerprint density at radius 2 is 1.85 bits per heavy atom. The van der Waals surface area contributed by atoms with Crippen molar-refractivity contribution in [2.75, 3.05) is 13.2 Å². The molecular formula is C17H16F3N3O4. The number of primary amides is 1. The SMILES string of the molecule is NC(=O)N(O)CCO/N=C/c1cccc(Oc2cccc(C(F)(F)F)c2)c1.